The van der Waals surface area contributed by atoms with E-state index in [0.29, 0.717) is 17.1 Å². The van der Waals surface area contributed by atoms with Crippen LogP contribution in [0.2, 0.25) is 5.02 Å². The van der Waals surface area contributed by atoms with E-state index in [1.54, 1.807) is 12.1 Å². The van der Waals surface area contributed by atoms with E-state index in [9.17, 15) is 4.79 Å². The SMILES string of the molecule is CCCCCC(C)(C)CNCc1ccc(C(N)=O)cc1Cl. The van der Waals surface area contributed by atoms with E-state index < -0.39 is 5.91 Å². The molecule has 0 atom stereocenters. The largest absolute Gasteiger partial charge is 0.366 e. The van der Waals surface area contributed by atoms with Gasteiger partial charge in [-0.3, -0.25) is 4.79 Å². The molecule has 4 heteroatoms. The molecule has 0 unspecified atom stereocenters. The molecule has 0 fully saturated rings. The van der Waals surface area contributed by atoms with Crippen LogP contribution in [0.15, 0.2) is 18.2 Å². The molecule has 0 heterocycles. The van der Waals surface area contributed by atoms with Crippen LogP contribution in [0.3, 0.4) is 0 Å². The molecule has 0 radical (unpaired) electrons. The van der Waals surface area contributed by atoms with Crippen LogP contribution >= 0.6 is 11.6 Å². The molecule has 118 valence electrons. The molecule has 0 aromatic heterocycles. The van der Waals surface area contributed by atoms with Crippen molar-refractivity contribution in [2.75, 3.05) is 6.54 Å². The summed E-state index contributed by atoms with van der Waals surface area (Å²) >= 11 is 6.18. The number of amides is 1. The molecule has 0 aliphatic heterocycles. The van der Waals surface area contributed by atoms with Crippen LogP contribution in [0.4, 0.5) is 0 Å². The van der Waals surface area contributed by atoms with E-state index in [0.717, 1.165) is 12.1 Å². The third kappa shape index (κ3) is 6.49. The zero-order chi connectivity index (χ0) is 15.9. The van der Waals surface area contributed by atoms with Gasteiger partial charge in [-0.1, -0.05) is 57.7 Å². The van der Waals surface area contributed by atoms with Gasteiger partial charge in [-0.05, 0) is 29.5 Å². The summed E-state index contributed by atoms with van der Waals surface area (Å²) in [6.07, 6.45) is 5.05. The molecular weight excluding hydrogens is 284 g/mol. The van der Waals surface area contributed by atoms with Gasteiger partial charge in [-0.2, -0.15) is 0 Å². The monoisotopic (exact) mass is 310 g/mol. The Labute approximate surface area is 133 Å². The van der Waals surface area contributed by atoms with Crippen molar-refractivity contribution in [3.8, 4) is 0 Å². The molecule has 0 saturated carbocycles. The predicted octanol–water partition coefficient (Wildman–Crippen LogP) is 4.14. The van der Waals surface area contributed by atoms with Crippen LogP contribution in [-0.2, 0) is 6.54 Å². The van der Waals surface area contributed by atoms with E-state index >= 15 is 0 Å². The summed E-state index contributed by atoms with van der Waals surface area (Å²) in [5.74, 6) is -0.450. The van der Waals surface area contributed by atoms with Gasteiger partial charge in [0, 0.05) is 23.7 Å². The molecular formula is C17H27ClN2O. The summed E-state index contributed by atoms with van der Waals surface area (Å²) in [5.41, 5.74) is 6.96. The van der Waals surface area contributed by atoms with Gasteiger partial charge in [-0.25, -0.2) is 0 Å². The second kappa shape index (κ2) is 8.40. The number of unbranched alkanes of at least 4 members (excludes halogenated alkanes) is 2. The number of primary amides is 1. The highest BCUT2D eigenvalue weighted by molar-refractivity contribution is 6.31. The summed E-state index contributed by atoms with van der Waals surface area (Å²) in [7, 11) is 0. The summed E-state index contributed by atoms with van der Waals surface area (Å²) in [5, 5.41) is 4.04. The third-order valence-corrected chi connectivity index (χ3v) is 4.07. The van der Waals surface area contributed by atoms with Gasteiger partial charge in [0.25, 0.3) is 0 Å². The van der Waals surface area contributed by atoms with Crippen molar-refractivity contribution in [3.63, 3.8) is 0 Å². The molecule has 1 aromatic carbocycles. The summed E-state index contributed by atoms with van der Waals surface area (Å²) in [6, 6.07) is 5.21. The minimum atomic E-state index is -0.450. The van der Waals surface area contributed by atoms with Gasteiger partial charge in [0.1, 0.15) is 0 Å². The zero-order valence-electron chi connectivity index (χ0n) is 13.3. The maximum absolute atomic E-state index is 11.1. The first kappa shape index (κ1) is 18.0. The van der Waals surface area contributed by atoms with Crippen molar-refractivity contribution < 1.29 is 4.79 Å². The first-order valence-electron chi connectivity index (χ1n) is 7.64. The lowest BCUT2D eigenvalue weighted by atomic mass is 9.87. The topological polar surface area (TPSA) is 55.1 Å². The fourth-order valence-corrected chi connectivity index (χ4v) is 2.57. The number of nitrogens with two attached hydrogens (primary N) is 1. The average Bonchev–Trinajstić information content (AvgIpc) is 2.40. The number of nitrogens with one attached hydrogen (secondary N) is 1. The molecule has 1 amide bonds. The quantitative estimate of drug-likeness (QED) is 0.674. The lowest BCUT2D eigenvalue weighted by molar-refractivity contribution is 0.100. The average molecular weight is 311 g/mol. The standard InChI is InChI=1S/C17H27ClN2O/c1-4-5-6-9-17(2,3)12-20-11-14-8-7-13(16(19)21)10-15(14)18/h7-8,10,20H,4-6,9,11-12H2,1-3H3,(H2,19,21). The molecule has 0 saturated heterocycles. The molecule has 1 aromatic rings. The first-order valence-corrected chi connectivity index (χ1v) is 8.02. The van der Waals surface area contributed by atoms with Crippen molar-refractivity contribution in [3.05, 3.63) is 34.3 Å². The van der Waals surface area contributed by atoms with Crippen molar-refractivity contribution in [1.82, 2.24) is 5.32 Å². The van der Waals surface area contributed by atoms with Gasteiger partial charge in [0.05, 0.1) is 0 Å². The van der Waals surface area contributed by atoms with Gasteiger partial charge < -0.3 is 11.1 Å². The molecule has 0 aliphatic rings. The fourth-order valence-electron chi connectivity index (χ4n) is 2.32. The highest BCUT2D eigenvalue weighted by Gasteiger charge is 2.16. The highest BCUT2D eigenvalue weighted by Crippen LogP contribution is 2.23. The number of rotatable bonds is 9. The Bertz CT molecular complexity index is 472. The van der Waals surface area contributed by atoms with Crippen molar-refractivity contribution in [2.24, 2.45) is 11.1 Å². The zero-order valence-corrected chi connectivity index (χ0v) is 14.1. The number of halogens is 1. The molecule has 3 nitrogen and oxygen atoms in total. The molecule has 21 heavy (non-hydrogen) atoms. The molecule has 0 spiro atoms. The van der Waals surface area contributed by atoms with Crippen LogP contribution in [-0.4, -0.2) is 12.5 Å². The minimum Gasteiger partial charge on any atom is -0.366 e. The van der Waals surface area contributed by atoms with Gasteiger partial charge in [0.15, 0.2) is 0 Å². The predicted molar refractivity (Wildman–Crippen MR) is 89.6 cm³/mol. The Morgan fingerprint density at radius 2 is 2.05 bits per heavy atom. The number of hydrogen-bond acceptors (Lipinski definition) is 2. The van der Waals surface area contributed by atoms with Gasteiger partial charge in [0.2, 0.25) is 5.91 Å². The smallest absolute Gasteiger partial charge is 0.248 e. The normalized spacial score (nSPS) is 11.6. The van der Waals surface area contributed by atoms with E-state index in [-0.39, 0.29) is 5.41 Å². The summed E-state index contributed by atoms with van der Waals surface area (Å²) in [4.78, 5) is 11.1. The van der Waals surface area contributed by atoms with Crippen molar-refractivity contribution in [1.29, 1.82) is 0 Å². The van der Waals surface area contributed by atoms with E-state index in [1.165, 1.54) is 25.7 Å². The van der Waals surface area contributed by atoms with E-state index in [1.807, 2.05) is 6.07 Å². The molecule has 3 N–H and O–H groups in total. The first-order chi connectivity index (χ1) is 9.85. The van der Waals surface area contributed by atoms with Gasteiger partial charge >= 0.3 is 0 Å². The maximum atomic E-state index is 11.1. The fraction of sp³-hybridized carbons (Fsp3) is 0.588. The molecule has 0 aliphatic carbocycles. The van der Waals surface area contributed by atoms with Gasteiger partial charge in [-0.15, -0.1) is 0 Å². The van der Waals surface area contributed by atoms with Crippen molar-refractivity contribution >= 4 is 17.5 Å². The van der Waals surface area contributed by atoms with Crippen LogP contribution in [0.25, 0.3) is 0 Å². The number of benzene rings is 1. The number of carbonyl (C=O) groups excluding carboxylic acids is 1. The Morgan fingerprint density at radius 1 is 1.33 bits per heavy atom. The maximum Gasteiger partial charge on any atom is 0.248 e. The van der Waals surface area contributed by atoms with Crippen LogP contribution in [0.1, 0.15) is 62.4 Å². The van der Waals surface area contributed by atoms with Crippen molar-refractivity contribution in [2.45, 2.75) is 53.0 Å². The Hall–Kier alpha value is -1.06. The second-order valence-electron chi connectivity index (χ2n) is 6.40. The minimum absolute atomic E-state index is 0.287. The van der Waals surface area contributed by atoms with Crippen LogP contribution in [0, 0.1) is 5.41 Å². The number of carbonyl (C=O) groups is 1. The molecule has 0 bridgehead atoms. The summed E-state index contributed by atoms with van der Waals surface area (Å²) < 4.78 is 0. The van der Waals surface area contributed by atoms with Crippen LogP contribution in [0.5, 0.6) is 0 Å². The highest BCUT2D eigenvalue weighted by atomic mass is 35.5. The van der Waals surface area contributed by atoms with Crippen LogP contribution < -0.4 is 11.1 Å². The Kier molecular flexibility index (Phi) is 7.20. The number of hydrogen-bond donors (Lipinski definition) is 2. The molecule has 1 rings (SSSR count). The van der Waals surface area contributed by atoms with E-state index in [4.69, 9.17) is 17.3 Å². The summed E-state index contributed by atoms with van der Waals surface area (Å²) in [6.45, 7) is 8.45. The lowest BCUT2D eigenvalue weighted by Crippen LogP contribution is -2.29. The Morgan fingerprint density at radius 3 is 2.62 bits per heavy atom. The third-order valence-electron chi connectivity index (χ3n) is 3.71. The van der Waals surface area contributed by atoms with E-state index in [2.05, 4.69) is 26.1 Å². The second-order valence-corrected chi connectivity index (χ2v) is 6.80. The lowest BCUT2D eigenvalue weighted by Gasteiger charge is -2.25. The Balaban J connectivity index is 2.46.